The third-order valence-corrected chi connectivity index (χ3v) is 2.81. The summed E-state index contributed by atoms with van der Waals surface area (Å²) in [5.41, 5.74) is 0.342. The predicted molar refractivity (Wildman–Crippen MR) is 65.8 cm³/mol. The third kappa shape index (κ3) is 3.06. The Labute approximate surface area is 109 Å². The van der Waals surface area contributed by atoms with E-state index in [1.165, 1.54) is 19.4 Å². The largest absolute Gasteiger partial charge is 0.481 e. The van der Waals surface area contributed by atoms with Gasteiger partial charge in [0.25, 0.3) is 0 Å². The molecular formula is C14H13F2NO2. The van der Waals surface area contributed by atoms with E-state index < -0.39 is 17.7 Å². The molecule has 0 aliphatic rings. The Morgan fingerprint density at radius 3 is 2.42 bits per heavy atom. The summed E-state index contributed by atoms with van der Waals surface area (Å²) in [5, 5.41) is 9.97. The van der Waals surface area contributed by atoms with Crippen molar-refractivity contribution in [3.63, 3.8) is 0 Å². The summed E-state index contributed by atoms with van der Waals surface area (Å²) < 4.78 is 31.8. The van der Waals surface area contributed by atoms with Crippen LogP contribution in [0.15, 0.2) is 36.5 Å². The highest BCUT2D eigenvalue weighted by Crippen LogP contribution is 2.22. The van der Waals surface area contributed by atoms with Crippen molar-refractivity contribution >= 4 is 0 Å². The van der Waals surface area contributed by atoms with Gasteiger partial charge < -0.3 is 9.84 Å². The van der Waals surface area contributed by atoms with Gasteiger partial charge in [0.1, 0.15) is 11.6 Å². The summed E-state index contributed by atoms with van der Waals surface area (Å²) in [6.45, 7) is 0. The summed E-state index contributed by atoms with van der Waals surface area (Å²) in [6.07, 6.45) is 0.249. The number of nitrogens with zero attached hydrogens (tertiary/aromatic N) is 1. The fraction of sp³-hybridized carbons (Fsp3) is 0.214. The van der Waals surface area contributed by atoms with Crippen LogP contribution in [0.4, 0.5) is 8.78 Å². The van der Waals surface area contributed by atoms with E-state index in [2.05, 4.69) is 4.98 Å². The zero-order valence-electron chi connectivity index (χ0n) is 10.3. The first kappa shape index (κ1) is 13.4. The molecule has 1 atom stereocenters. The summed E-state index contributed by atoms with van der Waals surface area (Å²) in [6, 6.07) is 6.80. The molecule has 0 saturated heterocycles. The van der Waals surface area contributed by atoms with Crippen LogP contribution in [0.1, 0.15) is 17.2 Å². The molecule has 0 saturated carbocycles. The first-order valence-electron chi connectivity index (χ1n) is 5.72. The molecule has 0 aliphatic heterocycles. The van der Waals surface area contributed by atoms with Crippen LogP contribution in [0.2, 0.25) is 0 Å². The van der Waals surface area contributed by atoms with Crippen molar-refractivity contribution in [2.24, 2.45) is 0 Å². The topological polar surface area (TPSA) is 42.4 Å². The number of aliphatic hydroxyl groups is 1. The number of aliphatic hydroxyl groups excluding tert-OH is 1. The van der Waals surface area contributed by atoms with E-state index in [-0.39, 0.29) is 12.0 Å². The Balaban J connectivity index is 2.18. The van der Waals surface area contributed by atoms with Crippen molar-refractivity contribution in [1.29, 1.82) is 0 Å². The monoisotopic (exact) mass is 265 g/mol. The highest BCUT2D eigenvalue weighted by atomic mass is 19.1. The van der Waals surface area contributed by atoms with E-state index in [9.17, 15) is 13.9 Å². The molecule has 0 radical (unpaired) electrons. The molecule has 5 heteroatoms. The molecule has 1 heterocycles. The first-order chi connectivity index (χ1) is 9.11. The zero-order chi connectivity index (χ0) is 13.8. The summed E-state index contributed by atoms with van der Waals surface area (Å²) in [7, 11) is 1.48. The van der Waals surface area contributed by atoms with Gasteiger partial charge >= 0.3 is 0 Å². The normalized spacial score (nSPS) is 12.2. The third-order valence-electron chi connectivity index (χ3n) is 2.81. The Bertz CT molecular complexity index is 538. The molecule has 1 aromatic heterocycles. The quantitative estimate of drug-likeness (QED) is 0.924. The number of rotatable bonds is 4. The van der Waals surface area contributed by atoms with Crippen LogP contribution < -0.4 is 4.74 Å². The van der Waals surface area contributed by atoms with Crippen LogP contribution >= 0.6 is 0 Å². The molecule has 0 spiro atoms. The number of benzene rings is 1. The average molecular weight is 265 g/mol. The van der Waals surface area contributed by atoms with Crippen molar-refractivity contribution < 1.29 is 18.6 Å². The summed E-state index contributed by atoms with van der Waals surface area (Å²) in [5.74, 6) is -0.922. The molecule has 19 heavy (non-hydrogen) atoms. The lowest BCUT2D eigenvalue weighted by Crippen LogP contribution is -2.06. The molecule has 2 rings (SSSR count). The van der Waals surface area contributed by atoms with Gasteiger partial charge in [0, 0.05) is 24.2 Å². The molecule has 1 N–H and O–H groups in total. The highest BCUT2D eigenvalue weighted by molar-refractivity contribution is 5.25. The highest BCUT2D eigenvalue weighted by Gasteiger charge is 2.15. The van der Waals surface area contributed by atoms with Gasteiger partial charge in [0.15, 0.2) is 0 Å². The van der Waals surface area contributed by atoms with E-state index in [1.54, 1.807) is 12.1 Å². The van der Waals surface area contributed by atoms with Crippen LogP contribution in [-0.4, -0.2) is 17.2 Å². The maximum atomic E-state index is 13.5. The summed E-state index contributed by atoms with van der Waals surface area (Å²) >= 11 is 0. The molecule has 0 fully saturated rings. The molecule has 3 nitrogen and oxygen atoms in total. The molecule has 1 aromatic carbocycles. The second-order valence-corrected chi connectivity index (χ2v) is 4.05. The van der Waals surface area contributed by atoms with E-state index in [1.807, 2.05) is 0 Å². The standard InChI is InChI=1S/C14H13F2NO2/c1-19-14-6-5-9(8-17-14)13(18)7-10-11(15)3-2-4-12(10)16/h2-6,8,13,18H,7H2,1H3. The van der Waals surface area contributed by atoms with Gasteiger partial charge in [-0.25, -0.2) is 13.8 Å². The van der Waals surface area contributed by atoms with Gasteiger partial charge in [-0.2, -0.15) is 0 Å². The number of aromatic nitrogens is 1. The van der Waals surface area contributed by atoms with Crippen molar-refractivity contribution in [2.75, 3.05) is 7.11 Å². The molecule has 1 unspecified atom stereocenters. The molecule has 100 valence electrons. The van der Waals surface area contributed by atoms with Crippen LogP contribution in [0.25, 0.3) is 0 Å². The van der Waals surface area contributed by atoms with E-state index in [0.717, 1.165) is 12.1 Å². The van der Waals surface area contributed by atoms with Crippen LogP contribution in [0.5, 0.6) is 5.88 Å². The predicted octanol–water partition coefficient (Wildman–Crippen LogP) is 2.64. The Kier molecular flexibility index (Phi) is 4.06. The van der Waals surface area contributed by atoms with Gasteiger partial charge in [-0.05, 0) is 23.8 Å². The van der Waals surface area contributed by atoms with E-state index in [4.69, 9.17) is 4.74 Å². The average Bonchev–Trinajstić information content (AvgIpc) is 2.43. The number of hydrogen-bond acceptors (Lipinski definition) is 3. The molecule has 0 amide bonds. The van der Waals surface area contributed by atoms with Crippen molar-refractivity contribution in [2.45, 2.75) is 12.5 Å². The van der Waals surface area contributed by atoms with Gasteiger partial charge in [-0.1, -0.05) is 6.07 Å². The molecule has 0 bridgehead atoms. The minimum absolute atomic E-state index is 0.134. The number of hydrogen-bond donors (Lipinski definition) is 1. The fourth-order valence-electron chi connectivity index (χ4n) is 1.75. The second-order valence-electron chi connectivity index (χ2n) is 4.05. The van der Waals surface area contributed by atoms with Crippen LogP contribution in [-0.2, 0) is 6.42 Å². The zero-order valence-corrected chi connectivity index (χ0v) is 10.3. The van der Waals surface area contributed by atoms with E-state index >= 15 is 0 Å². The molecular weight excluding hydrogens is 252 g/mol. The Hall–Kier alpha value is -2.01. The summed E-state index contributed by atoms with van der Waals surface area (Å²) in [4.78, 5) is 3.94. The van der Waals surface area contributed by atoms with Crippen molar-refractivity contribution in [3.8, 4) is 5.88 Å². The minimum Gasteiger partial charge on any atom is -0.481 e. The number of halogens is 2. The fourth-order valence-corrected chi connectivity index (χ4v) is 1.75. The van der Waals surface area contributed by atoms with Gasteiger partial charge in [-0.15, -0.1) is 0 Å². The number of ether oxygens (including phenoxy) is 1. The first-order valence-corrected chi connectivity index (χ1v) is 5.72. The lowest BCUT2D eigenvalue weighted by molar-refractivity contribution is 0.175. The second kappa shape index (κ2) is 5.75. The Morgan fingerprint density at radius 1 is 1.21 bits per heavy atom. The van der Waals surface area contributed by atoms with Crippen LogP contribution in [0, 0.1) is 11.6 Å². The van der Waals surface area contributed by atoms with Gasteiger partial charge in [-0.3, -0.25) is 0 Å². The van der Waals surface area contributed by atoms with Crippen LogP contribution in [0.3, 0.4) is 0 Å². The van der Waals surface area contributed by atoms with E-state index in [0.29, 0.717) is 11.4 Å². The Morgan fingerprint density at radius 2 is 1.89 bits per heavy atom. The number of pyridine rings is 1. The van der Waals surface area contributed by atoms with Crippen molar-refractivity contribution in [1.82, 2.24) is 4.98 Å². The molecule has 0 aliphatic carbocycles. The van der Waals surface area contributed by atoms with Crippen molar-refractivity contribution in [3.05, 3.63) is 59.3 Å². The lowest BCUT2D eigenvalue weighted by atomic mass is 10.0. The van der Waals surface area contributed by atoms with Gasteiger partial charge in [0.2, 0.25) is 5.88 Å². The minimum atomic E-state index is -1.02. The number of methoxy groups -OCH3 is 1. The smallest absolute Gasteiger partial charge is 0.212 e. The SMILES string of the molecule is COc1ccc(C(O)Cc2c(F)cccc2F)cn1. The maximum Gasteiger partial charge on any atom is 0.212 e. The lowest BCUT2D eigenvalue weighted by Gasteiger charge is -2.12. The van der Waals surface area contributed by atoms with Gasteiger partial charge in [0.05, 0.1) is 13.2 Å². The maximum absolute atomic E-state index is 13.5. The molecule has 2 aromatic rings.